The number of rotatable bonds is 5. The molecule has 1 amide bonds. The van der Waals surface area contributed by atoms with Crippen molar-refractivity contribution in [2.45, 2.75) is 27.2 Å². The Balaban J connectivity index is 2.51. The molecule has 0 atom stereocenters. The summed E-state index contributed by atoms with van der Waals surface area (Å²) in [6.07, 6.45) is 0.318. The van der Waals surface area contributed by atoms with E-state index >= 15 is 0 Å². The predicted molar refractivity (Wildman–Crippen MR) is 72.8 cm³/mol. The maximum absolute atomic E-state index is 11.6. The molecule has 0 aliphatic rings. The van der Waals surface area contributed by atoms with Crippen molar-refractivity contribution in [1.82, 2.24) is 5.43 Å². The lowest BCUT2D eigenvalue weighted by Crippen LogP contribution is -2.22. The van der Waals surface area contributed by atoms with Crippen LogP contribution in [0.25, 0.3) is 0 Å². The van der Waals surface area contributed by atoms with Crippen LogP contribution in [0.2, 0.25) is 0 Å². The zero-order chi connectivity index (χ0) is 13.5. The molecule has 18 heavy (non-hydrogen) atoms. The molecule has 98 valence electrons. The van der Waals surface area contributed by atoms with Gasteiger partial charge in [-0.25, -0.2) is 5.43 Å². The highest BCUT2D eigenvalue weighted by atomic mass is 16.5. The van der Waals surface area contributed by atoms with Gasteiger partial charge >= 0.3 is 0 Å². The van der Waals surface area contributed by atoms with Crippen molar-refractivity contribution in [3.05, 3.63) is 29.8 Å². The lowest BCUT2D eigenvalue weighted by Gasteiger charge is -2.05. The first-order valence-corrected chi connectivity index (χ1v) is 5.99. The van der Waals surface area contributed by atoms with Crippen LogP contribution in [0.1, 0.15) is 26.3 Å². The normalized spacial score (nSPS) is 11.5. The van der Waals surface area contributed by atoms with Gasteiger partial charge in [-0.15, -0.1) is 0 Å². The fraction of sp³-hybridized carbons (Fsp3) is 0.429. The van der Waals surface area contributed by atoms with Gasteiger partial charge in [0.2, 0.25) is 5.91 Å². The van der Waals surface area contributed by atoms with Crippen LogP contribution >= 0.6 is 0 Å². The molecule has 0 aromatic heterocycles. The van der Waals surface area contributed by atoms with E-state index in [-0.39, 0.29) is 5.91 Å². The Kier molecular flexibility index (Phi) is 5.36. The number of methoxy groups -OCH3 is 1. The van der Waals surface area contributed by atoms with Crippen LogP contribution in [0, 0.1) is 5.92 Å². The zero-order valence-electron chi connectivity index (χ0n) is 11.4. The molecule has 0 heterocycles. The van der Waals surface area contributed by atoms with Crippen LogP contribution in [-0.4, -0.2) is 18.7 Å². The van der Waals surface area contributed by atoms with E-state index in [2.05, 4.69) is 10.5 Å². The molecule has 0 fully saturated rings. The lowest BCUT2D eigenvalue weighted by atomic mass is 10.1. The quantitative estimate of drug-likeness (QED) is 0.642. The van der Waals surface area contributed by atoms with E-state index in [1.165, 1.54) is 0 Å². The van der Waals surface area contributed by atoms with Crippen molar-refractivity contribution >= 4 is 11.6 Å². The summed E-state index contributed by atoms with van der Waals surface area (Å²) in [5, 5.41) is 4.05. The van der Waals surface area contributed by atoms with Crippen LogP contribution < -0.4 is 10.2 Å². The highest BCUT2D eigenvalue weighted by Crippen LogP contribution is 2.11. The molecule has 0 aliphatic carbocycles. The number of carbonyl (C=O) groups is 1. The van der Waals surface area contributed by atoms with Crippen LogP contribution in [0.4, 0.5) is 0 Å². The molecule has 1 aromatic carbocycles. The Bertz CT molecular complexity index is 422. The second-order valence-electron chi connectivity index (χ2n) is 4.47. The third kappa shape index (κ3) is 4.57. The molecule has 0 spiro atoms. The smallest absolute Gasteiger partial charge is 0.244 e. The SMILES string of the molecule is COc1ccc(CC(=O)N/N=C(\C)C(C)C)cc1. The van der Waals surface area contributed by atoms with Crippen LogP contribution in [0.5, 0.6) is 5.75 Å². The Morgan fingerprint density at radius 1 is 1.33 bits per heavy atom. The second kappa shape index (κ2) is 6.79. The van der Waals surface area contributed by atoms with Crippen molar-refractivity contribution in [3.8, 4) is 5.75 Å². The molecule has 4 nitrogen and oxygen atoms in total. The average molecular weight is 248 g/mol. The monoisotopic (exact) mass is 248 g/mol. The Labute approximate surface area is 108 Å². The first-order chi connectivity index (χ1) is 8.52. The van der Waals surface area contributed by atoms with Gasteiger partial charge in [0.1, 0.15) is 5.75 Å². The van der Waals surface area contributed by atoms with E-state index in [0.29, 0.717) is 12.3 Å². The molecule has 0 saturated carbocycles. The molecule has 0 saturated heterocycles. The van der Waals surface area contributed by atoms with Gasteiger partial charge in [-0.3, -0.25) is 4.79 Å². The summed E-state index contributed by atoms with van der Waals surface area (Å²) >= 11 is 0. The number of ether oxygens (including phenoxy) is 1. The summed E-state index contributed by atoms with van der Waals surface area (Å²) in [5.41, 5.74) is 4.41. The number of nitrogens with zero attached hydrogens (tertiary/aromatic N) is 1. The van der Waals surface area contributed by atoms with Crippen molar-refractivity contribution in [1.29, 1.82) is 0 Å². The molecular weight excluding hydrogens is 228 g/mol. The number of benzene rings is 1. The highest BCUT2D eigenvalue weighted by Gasteiger charge is 2.04. The summed E-state index contributed by atoms with van der Waals surface area (Å²) in [6.45, 7) is 5.97. The molecule has 0 aliphatic heterocycles. The van der Waals surface area contributed by atoms with Gasteiger partial charge in [-0.05, 0) is 30.5 Å². The maximum atomic E-state index is 11.6. The third-order valence-electron chi connectivity index (χ3n) is 2.72. The minimum Gasteiger partial charge on any atom is -0.497 e. The van der Waals surface area contributed by atoms with Gasteiger partial charge in [0, 0.05) is 5.71 Å². The van der Waals surface area contributed by atoms with E-state index < -0.39 is 0 Å². The summed E-state index contributed by atoms with van der Waals surface area (Å²) in [5.74, 6) is 1.01. The summed E-state index contributed by atoms with van der Waals surface area (Å²) in [4.78, 5) is 11.6. The number of hydrazone groups is 1. The van der Waals surface area contributed by atoms with E-state index in [4.69, 9.17) is 4.74 Å². The zero-order valence-corrected chi connectivity index (χ0v) is 11.4. The number of hydrogen-bond donors (Lipinski definition) is 1. The van der Waals surface area contributed by atoms with Gasteiger partial charge < -0.3 is 4.74 Å². The fourth-order valence-corrected chi connectivity index (χ4v) is 1.25. The fourth-order valence-electron chi connectivity index (χ4n) is 1.25. The van der Waals surface area contributed by atoms with E-state index in [1.54, 1.807) is 7.11 Å². The molecular formula is C14H20N2O2. The Morgan fingerprint density at radius 3 is 2.44 bits per heavy atom. The summed E-state index contributed by atoms with van der Waals surface area (Å²) in [7, 11) is 1.62. The maximum Gasteiger partial charge on any atom is 0.244 e. The topological polar surface area (TPSA) is 50.7 Å². The average Bonchev–Trinajstić information content (AvgIpc) is 2.36. The highest BCUT2D eigenvalue weighted by molar-refractivity contribution is 5.86. The number of hydrogen-bond acceptors (Lipinski definition) is 3. The number of carbonyl (C=O) groups excluding carboxylic acids is 1. The van der Waals surface area contributed by atoms with Gasteiger partial charge in [0.25, 0.3) is 0 Å². The molecule has 0 unspecified atom stereocenters. The van der Waals surface area contributed by atoms with E-state index in [1.807, 2.05) is 45.0 Å². The minimum absolute atomic E-state index is 0.111. The minimum atomic E-state index is -0.111. The predicted octanol–water partition coefficient (Wildman–Crippen LogP) is 2.39. The molecule has 1 rings (SSSR count). The van der Waals surface area contributed by atoms with Gasteiger partial charge in [0.15, 0.2) is 0 Å². The van der Waals surface area contributed by atoms with Crippen molar-refractivity contribution < 1.29 is 9.53 Å². The molecule has 4 heteroatoms. The van der Waals surface area contributed by atoms with Crippen LogP contribution in [0.3, 0.4) is 0 Å². The summed E-state index contributed by atoms with van der Waals surface area (Å²) in [6, 6.07) is 7.42. The van der Waals surface area contributed by atoms with E-state index in [0.717, 1.165) is 17.0 Å². The number of amides is 1. The van der Waals surface area contributed by atoms with Crippen molar-refractivity contribution in [3.63, 3.8) is 0 Å². The Hall–Kier alpha value is -1.84. The lowest BCUT2D eigenvalue weighted by molar-refractivity contribution is -0.120. The number of nitrogens with one attached hydrogen (secondary N) is 1. The van der Waals surface area contributed by atoms with Crippen LogP contribution in [0.15, 0.2) is 29.4 Å². The molecule has 0 radical (unpaired) electrons. The van der Waals surface area contributed by atoms with Crippen molar-refractivity contribution in [2.24, 2.45) is 11.0 Å². The van der Waals surface area contributed by atoms with Crippen molar-refractivity contribution in [2.75, 3.05) is 7.11 Å². The van der Waals surface area contributed by atoms with Gasteiger partial charge in [-0.1, -0.05) is 26.0 Å². The van der Waals surface area contributed by atoms with Gasteiger partial charge in [0.05, 0.1) is 13.5 Å². The van der Waals surface area contributed by atoms with Gasteiger partial charge in [-0.2, -0.15) is 5.10 Å². The second-order valence-corrected chi connectivity index (χ2v) is 4.47. The van der Waals surface area contributed by atoms with Crippen LogP contribution in [-0.2, 0) is 11.2 Å². The largest absolute Gasteiger partial charge is 0.497 e. The molecule has 1 N–H and O–H groups in total. The van der Waals surface area contributed by atoms with E-state index in [9.17, 15) is 4.79 Å². The molecule has 0 bridgehead atoms. The summed E-state index contributed by atoms with van der Waals surface area (Å²) < 4.78 is 5.06. The third-order valence-corrected chi connectivity index (χ3v) is 2.72. The standard InChI is InChI=1S/C14H20N2O2/c1-10(2)11(3)15-16-14(17)9-12-5-7-13(18-4)8-6-12/h5-8,10H,9H2,1-4H3,(H,16,17)/b15-11+. The first kappa shape index (κ1) is 14.2. The Morgan fingerprint density at radius 2 is 1.94 bits per heavy atom. The molecule has 1 aromatic rings. The first-order valence-electron chi connectivity index (χ1n) is 5.99.